The molecular formula is C24H24Cl2N2O5S. The van der Waals surface area contributed by atoms with Crippen molar-refractivity contribution in [2.75, 3.05) is 25.1 Å². The van der Waals surface area contributed by atoms with Gasteiger partial charge >= 0.3 is 0 Å². The summed E-state index contributed by atoms with van der Waals surface area (Å²) in [6, 6.07) is 16.3. The largest absolute Gasteiger partial charge is 0.497 e. The minimum atomic E-state index is -4.21. The molecule has 1 amide bonds. The Morgan fingerprint density at radius 2 is 1.65 bits per heavy atom. The fraction of sp³-hybridized carbons (Fsp3) is 0.208. The minimum absolute atomic E-state index is 0.0657. The van der Waals surface area contributed by atoms with Gasteiger partial charge in [0, 0.05) is 6.54 Å². The lowest BCUT2D eigenvalue weighted by molar-refractivity contribution is -0.119. The molecule has 0 aliphatic rings. The predicted molar refractivity (Wildman–Crippen MR) is 134 cm³/mol. The third kappa shape index (κ3) is 5.94. The van der Waals surface area contributed by atoms with E-state index in [1.54, 1.807) is 38.3 Å². The highest BCUT2D eigenvalue weighted by molar-refractivity contribution is 7.93. The van der Waals surface area contributed by atoms with Crippen LogP contribution in [-0.2, 0) is 21.4 Å². The van der Waals surface area contributed by atoms with Gasteiger partial charge < -0.3 is 14.8 Å². The first-order valence-corrected chi connectivity index (χ1v) is 12.4. The zero-order valence-corrected chi connectivity index (χ0v) is 21.2. The number of ether oxygens (including phenoxy) is 2. The molecule has 0 aliphatic carbocycles. The second kappa shape index (κ2) is 11.0. The Kier molecular flexibility index (Phi) is 8.30. The molecule has 0 saturated heterocycles. The van der Waals surface area contributed by atoms with Crippen LogP contribution < -0.4 is 19.1 Å². The molecule has 0 bridgehead atoms. The van der Waals surface area contributed by atoms with E-state index in [0.717, 1.165) is 15.4 Å². The third-order valence-electron chi connectivity index (χ3n) is 5.01. The molecule has 0 unspecified atom stereocenters. The first-order valence-electron chi connectivity index (χ1n) is 10.2. The predicted octanol–water partition coefficient (Wildman–Crippen LogP) is 4.83. The van der Waals surface area contributed by atoms with Crippen molar-refractivity contribution in [2.24, 2.45) is 0 Å². The van der Waals surface area contributed by atoms with E-state index < -0.39 is 22.5 Å². The summed E-state index contributed by atoms with van der Waals surface area (Å²) in [5.74, 6) is 0.352. The van der Waals surface area contributed by atoms with Crippen molar-refractivity contribution in [3.8, 4) is 11.5 Å². The maximum Gasteiger partial charge on any atom is 0.268 e. The molecule has 3 rings (SSSR count). The molecular weight excluding hydrogens is 499 g/mol. The number of carbonyl (C=O) groups is 1. The molecule has 0 atom stereocenters. The van der Waals surface area contributed by atoms with E-state index in [0.29, 0.717) is 5.75 Å². The number of nitrogens with zero attached hydrogens (tertiary/aromatic N) is 1. The van der Waals surface area contributed by atoms with Gasteiger partial charge in [0.15, 0.2) is 0 Å². The van der Waals surface area contributed by atoms with Crippen LogP contribution in [0.15, 0.2) is 65.6 Å². The summed E-state index contributed by atoms with van der Waals surface area (Å²) in [5.41, 5.74) is 1.74. The number of carbonyl (C=O) groups excluding carboxylic acids is 1. The molecule has 0 aliphatic heterocycles. The van der Waals surface area contributed by atoms with Gasteiger partial charge in [0.25, 0.3) is 10.0 Å². The number of aryl methyl sites for hydroxylation is 1. The van der Waals surface area contributed by atoms with Crippen molar-refractivity contribution in [3.05, 3.63) is 81.8 Å². The quantitative estimate of drug-likeness (QED) is 0.434. The summed E-state index contributed by atoms with van der Waals surface area (Å²) in [7, 11) is -1.26. The normalized spacial score (nSPS) is 11.1. The van der Waals surface area contributed by atoms with Gasteiger partial charge in [-0.15, -0.1) is 0 Å². The SMILES string of the molecule is COc1ccc(CNC(=O)CN(c2ccc(Cl)c(Cl)c2)S(=O)(=O)c2cc(C)ccc2OC)cc1. The number of amides is 1. The zero-order chi connectivity index (χ0) is 24.9. The van der Waals surface area contributed by atoms with Gasteiger partial charge in [-0.3, -0.25) is 9.10 Å². The molecule has 10 heteroatoms. The highest BCUT2D eigenvalue weighted by Crippen LogP contribution is 2.33. The second-order valence-electron chi connectivity index (χ2n) is 7.39. The number of benzene rings is 3. The van der Waals surface area contributed by atoms with Crippen LogP contribution in [0.25, 0.3) is 0 Å². The minimum Gasteiger partial charge on any atom is -0.497 e. The number of methoxy groups -OCH3 is 2. The van der Waals surface area contributed by atoms with Crippen LogP contribution in [0.3, 0.4) is 0 Å². The molecule has 3 aromatic rings. The van der Waals surface area contributed by atoms with E-state index in [9.17, 15) is 13.2 Å². The summed E-state index contributed by atoms with van der Waals surface area (Å²) in [4.78, 5) is 12.8. The van der Waals surface area contributed by atoms with E-state index in [1.807, 2.05) is 12.1 Å². The molecule has 0 saturated carbocycles. The monoisotopic (exact) mass is 522 g/mol. The average Bonchev–Trinajstić information content (AvgIpc) is 2.83. The van der Waals surface area contributed by atoms with Gasteiger partial charge in [-0.25, -0.2) is 8.42 Å². The van der Waals surface area contributed by atoms with Gasteiger partial charge in [0.2, 0.25) is 5.91 Å². The number of anilines is 1. The lowest BCUT2D eigenvalue weighted by atomic mass is 10.2. The van der Waals surface area contributed by atoms with Crippen molar-refractivity contribution in [3.63, 3.8) is 0 Å². The molecule has 0 fully saturated rings. The average molecular weight is 523 g/mol. The Balaban J connectivity index is 1.93. The van der Waals surface area contributed by atoms with Gasteiger partial charge in [-0.1, -0.05) is 41.4 Å². The number of rotatable bonds is 9. The van der Waals surface area contributed by atoms with Crippen LogP contribution in [0.5, 0.6) is 11.5 Å². The molecule has 0 heterocycles. The molecule has 0 spiro atoms. The van der Waals surface area contributed by atoms with Crippen molar-refractivity contribution < 1.29 is 22.7 Å². The maximum absolute atomic E-state index is 13.7. The molecule has 0 radical (unpaired) electrons. The van der Waals surface area contributed by atoms with E-state index in [1.165, 1.54) is 31.4 Å². The van der Waals surface area contributed by atoms with Crippen LogP contribution in [0.1, 0.15) is 11.1 Å². The highest BCUT2D eigenvalue weighted by atomic mass is 35.5. The number of hydrogen-bond acceptors (Lipinski definition) is 5. The van der Waals surface area contributed by atoms with Crippen molar-refractivity contribution in [2.45, 2.75) is 18.4 Å². The molecule has 7 nitrogen and oxygen atoms in total. The number of halogens is 2. The Morgan fingerprint density at radius 3 is 2.26 bits per heavy atom. The Hall–Kier alpha value is -2.94. The van der Waals surface area contributed by atoms with Gasteiger partial charge in [-0.2, -0.15) is 0 Å². The van der Waals surface area contributed by atoms with Crippen molar-refractivity contribution >= 4 is 44.8 Å². The topological polar surface area (TPSA) is 84.9 Å². The fourth-order valence-corrected chi connectivity index (χ4v) is 5.14. The van der Waals surface area contributed by atoms with Crippen molar-refractivity contribution in [1.82, 2.24) is 5.32 Å². The number of sulfonamides is 1. The Labute approximate surface area is 209 Å². The summed E-state index contributed by atoms with van der Waals surface area (Å²) < 4.78 is 38.8. The van der Waals surface area contributed by atoms with Crippen LogP contribution >= 0.6 is 23.2 Å². The van der Waals surface area contributed by atoms with Gasteiger partial charge in [-0.05, 0) is 60.5 Å². The smallest absolute Gasteiger partial charge is 0.268 e. The Morgan fingerprint density at radius 1 is 0.941 bits per heavy atom. The fourth-order valence-electron chi connectivity index (χ4n) is 3.19. The molecule has 3 aromatic carbocycles. The number of hydrogen-bond donors (Lipinski definition) is 1. The van der Waals surface area contributed by atoms with Crippen LogP contribution in [0.2, 0.25) is 10.0 Å². The molecule has 1 N–H and O–H groups in total. The summed E-state index contributed by atoms with van der Waals surface area (Å²) >= 11 is 12.2. The van der Waals surface area contributed by atoms with E-state index in [4.69, 9.17) is 32.7 Å². The highest BCUT2D eigenvalue weighted by Gasteiger charge is 2.30. The van der Waals surface area contributed by atoms with E-state index in [-0.39, 0.29) is 32.9 Å². The maximum atomic E-state index is 13.7. The van der Waals surface area contributed by atoms with E-state index >= 15 is 0 Å². The van der Waals surface area contributed by atoms with Crippen LogP contribution in [0, 0.1) is 6.92 Å². The molecule has 34 heavy (non-hydrogen) atoms. The van der Waals surface area contributed by atoms with Crippen LogP contribution in [-0.4, -0.2) is 35.1 Å². The standard InChI is InChI=1S/C24H24Cl2N2O5S/c1-16-4-11-22(33-3)23(12-16)34(30,31)28(18-7-10-20(25)21(26)13-18)15-24(29)27-14-17-5-8-19(32-2)9-6-17/h4-13H,14-15H2,1-3H3,(H,27,29). The van der Waals surface area contributed by atoms with E-state index in [2.05, 4.69) is 5.32 Å². The van der Waals surface area contributed by atoms with Crippen molar-refractivity contribution in [1.29, 1.82) is 0 Å². The zero-order valence-electron chi connectivity index (χ0n) is 18.8. The van der Waals surface area contributed by atoms with Gasteiger partial charge in [0.1, 0.15) is 22.9 Å². The first-order chi connectivity index (χ1) is 16.1. The lowest BCUT2D eigenvalue weighted by Crippen LogP contribution is -2.40. The first kappa shape index (κ1) is 25.7. The summed E-state index contributed by atoms with van der Waals surface area (Å²) in [5, 5.41) is 3.18. The summed E-state index contributed by atoms with van der Waals surface area (Å²) in [6.07, 6.45) is 0. The van der Waals surface area contributed by atoms with Crippen LogP contribution in [0.4, 0.5) is 5.69 Å². The summed E-state index contributed by atoms with van der Waals surface area (Å²) in [6.45, 7) is 1.50. The lowest BCUT2D eigenvalue weighted by Gasteiger charge is -2.25. The second-order valence-corrected chi connectivity index (χ2v) is 10.0. The third-order valence-corrected chi connectivity index (χ3v) is 7.55. The molecule has 0 aromatic heterocycles. The molecule has 180 valence electrons. The van der Waals surface area contributed by atoms with Gasteiger partial charge in [0.05, 0.1) is 30.0 Å². The Bertz CT molecular complexity index is 1280. The number of nitrogens with one attached hydrogen (secondary N) is 1.